The van der Waals surface area contributed by atoms with Crippen LogP contribution in [0.5, 0.6) is 5.75 Å². The average molecular weight is 323 g/mol. The van der Waals surface area contributed by atoms with Gasteiger partial charge in [-0.15, -0.1) is 0 Å². The van der Waals surface area contributed by atoms with Crippen molar-refractivity contribution in [2.45, 2.75) is 19.1 Å². The minimum absolute atomic E-state index is 0.148. The van der Waals surface area contributed by atoms with E-state index in [0.29, 0.717) is 24.0 Å². The highest BCUT2D eigenvalue weighted by molar-refractivity contribution is 5.45. The molecule has 122 valence electrons. The van der Waals surface area contributed by atoms with Gasteiger partial charge in [-0.05, 0) is 18.7 Å². The minimum Gasteiger partial charge on any atom is -0.488 e. The van der Waals surface area contributed by atoms with Crippen molar-refractivity contribution in [2.75, 3.05) is 13.6 Å². The first kappa shape index (κ1) is 14.8. The number of nitrogens with zero attached hydrogens (tertiary/aromatic N) is 5. The van der Waals surface area contributed by atoms with Crippen molar-refractivity contribution < 1.29 is 9.26 Å². The van der Waals surface area contributed by atoms with E-state index in [2.05, 4.69) is 31.1 Å². The van der Waals surface area contributed by atoms with Gasteiger partial charge in [-0.2, -0.15) is 4.98 Å². The van der Waals surface area contributed by atoms with Gasteiger partial charge in [0.1, 0.15) is 17.5 Å². The highest BCUT2D eigenvalue weighted by atomic mass is 16.5. The lowest BCUT2D eigenvalue weighted by Crippen LogP contribution is -2.31. The van der Waals surface area contributed by atoms with Crippen LogP contribution < -0.4 is 4.74 Å². The number of rotatable bonds is 5. The number of hydrogen-bond donors (Lipinski definition) is 0. The van der Waals surface area contributed by atoms with Crippen molar-refractivity contribution >= 4 is 0 Å². The number of likely N-dealkylation sites (N-methyl/N-ethyl adjacent to an activating group) is 1. The van der Waals surface area contributed by atoms with Crippen LogP contribution in [0.1, 0.15) is 11.5 Å². The predicted octanol–water partition coefficient (Wildman–Crippen LogP) is 1.96. The Morgan fingerprint density at radius 1 is 1.25 bits per heavy atom. The van der Waals surface area contributed by atoms with Gasteiger partial charge in [0, 0.05) is 25.4 Å². The molecule has 24 heavy (non-hydrogen) atoms. The summed E-state index contributed by atoms with van der Waals surface area (Å²) < 4.78 is 11.3. The Morgan fingerprint density at radius 2 is 2.17 bits per heavy atom. The third-order valence-electron chi connectivity index (χ3n) is 3.89. The summed E-state index contributed by atoms with van der Waals surface area (Å²) in [4.78, 5) is 14.7. The first-order valence-corrected chi connectivity index (χ1v) is 7.80. The van der Waals surface area contributed by atoms with Crippen LogP contribution in [0.4, 0.5) is 0 Å². The first-order chi connectivity index (χ1) is 11.8. The Hall–Kier alpha value is -2.80. The number of fused-ring (bicyclic) bond motifs is 1. The standard InChI is InChI=1S/C17H17N5O2/c1-22(10-13-8-12-4-2-3-5-15(12)23-13)11-16-20-17(21-24-16)14-9-18-6-7-19-14/h2-7,9,13H,8,10-11H2,1H3. The first-order valence-electron chi connectivity index (χ1n) is 7.80. The zero-order chi connectivity index (χ0) is 16.4. The van der Waals surface area contributed by atoms with Crippen LogP contribution in [0.25, 0.3) is 11.5 Å². The fourth-order valence-electron chi connectivity index (χ4n) is 2.84. The summed E-state index contributed by atoms with van der Waals surface area (Å²) >= 11 is 0. The molecule has 0 fully saturated rings. The topological polar surface area (TPSA) is 77.2 Å². The smallest absolute Gasteiger partial charge is 0.241 e. The van der Waals surface area contributed by atoms with E-state index in [4.69, 9.17) is 9.26 Å². The van der Waals surface area contributed by atoms with Crippen molar-refractivity contribution in [3.63, 3.8) is 0 Å². The molecular formula is C17H17N5O2. The Kier molecular flexibility index (Phi) is 3.92. The lowest BCUT2D eigenvalue weighted by atomic mass is 10.1. The molecular weight excluding hydrogens is 306 g/mol. The zero-order valence-corrected chi connectivity index (χ0v) is 13.3. The van der Waals surface area contributed by atoms with Gasteiger partial charge >= 0.3 is 0 Å². The van der Waals surface area contributed by atoms with Gasteiger partial charge in [0.2, 0.25) is 11.7 Å². The van der Waals surface area contributed by atoms with Gasteiger partial charge in [-0.3, -0.25) is 9.88 Å². The molecule has 0 N–H and O–H groups in total. The molecule has 0 amide bonds. The van der Waals surface area contributed by atoms with E-state index in [1.54, 1.807) is 18.6 Å². The molecule has 3 aromatic rings. The SMILES string of the molecule is CN(Cc1nc(-c2cnccn2)no1)CC1Cc2ccccc2O1. The molecule has 1 aromatic carbocycles. The van der Waals surface area contributed by atoms with Crippen LogP contribution >= 0.6 is 0 Å². The summed E-state index contributed by atoms with van der Waals surface area (Å²) in [5.41, 5.74) is 1.86. The van der Waals surface area contributed by atoms with E-state index >= 15 is 0 Å². The number of hydrogen-bond acceptors (Lipinski definition) is 7. The third kappa shape index (κ3) is 3.11. The fourth-order valence-corrected chi connectivity index (χ4v) is 2.84. The van der Waals surface area contributed by atoms with Crippen molar-refractivity contribution in [1.29, 1.82) is 0 Å². The second kappa shape index (κ2) is 6.37. The van der Waals surface area contributed by atoms with Crippen molar-refractivity contribution in [3.05, 3.63) is 54.3 Å². The van der Waals surface area contributed by atoms with Crippen molar-refractivity contribution in [3.8, 4) is 17.3 Å². The van der Waals surface area contributed by atoms with Gasteiger partial charge in [0.05, 0.1) is 12.7 Å². The molecule has 0 saturated carbocycles. The van der Waals surface area contributed by atoms with E-state index in [-0.39, 0.29) is 6.10 Å². The quantitative estimate of drug-likeness (QED) is 0.710. The van der Waals surface area contributed by atoms with Crippen LogP contribution in [0.3, 0.4) is 0 Å². The Bertz CT molecular complexity index is 796. The maximum Gasteiger partial charge on any atom is 0.241 e. The maximum absolute atomic E-state index is 5.96. The number of benzene rings is 1. The minimum atomic E-state index is 0.148. The lowest BCUT2D eigenvalue weighted by molar-refractivity contribution is 0.155. The van der Waals surface area contributed by atoms with Crippen LogP contribution in [0, 0.1) is 0 Å². The zero-order valence-electron chi connectivity index (χ0n) is 13.3. The third-order valence-corrected chi connectivity index (χ3v) is 3.89. The summed E-state index contributed by atoms with van der Waals surface area (Å²) in [5, 5.41) is 3.96. The highest BCUT2D eigenvalue weighted by Crippen LogP contribution is 2.28. The molecule has 0 saturated heterocycles. The van der Waals surface area contributed by atoms with E-state index in [9.17, 15) is 0 Å². The normalized spacial score (nSPS) is 16.2. The molecule has 1 aliphatic heterocycles. The van der Waals surface area contributed by atoms with E-state index in [1.165, 1.54) is 5.56 Å². The summed E-state index contributed by atoms with van der Waals surface area (Å²) in [5.74, 6) is 1.99. The number of para-hydroxylation sites is 1. The van der Waals surface area contributed by atoms with E-state index in [0.717, 1.165) is 18.7 Å². The molecule has 0 bridgehead atoms. The molecule has 7 heteroatoms. The van der Waals surface area contributed by atoms with Crippen molar-refractivity contribution in [1.82, 2.24) is 25.0 Å². The molecule has 3 heterocycles. The fraction of sp³-hybridized carbons (Fsp3) is 0.294. The van der Waals surface area contributed by atoms with Crippen LogP contribution in [-0.4, -0.2) is 44.7 Å². The van der Waals surface area contributed by atoms with Gasteiger partial charge in [-0.1, -0.05) is 23.4 Å². The average Bonchev–Trinajstić information content (AvgIpc) is 3.21. The molecule has 1 atom stereocenters. The van der Waals surface area contributed by atoms with Crippen LogP contribution in [-0.2, 0) is 13.0 Å². The molecule has 1 unspecified atom stereocenters. The molecule has 7 nitrogen and oxygen atoms in total. The van der Waals surface area contributed by atoms with Crippen molar-refractivity contribution in [2.24, 2.45) is 0 Å². The highest BCUT2D eigenvalue weighted by Gasteiger charge is 2.24. The molecule has 4 rings (SSSR count). The number of aromatic nitrogens is 4. The Labute approximate surface area is 139 Å². The monoisotopic (exact) mass is 323 g/mol. The molecule has 0 radical (unpaired) electrons. The lowest BCUT2D eigenvalue weighted by Gasteiger charge is -2.18. The Balaban J connectivity index is 1.36. The van der Waals surface area contributed by atoms with Gasteiger partial charge in [-0.25, -0.2) is 4.98 Å². The molecule has 0 aliphatic carbocycles. The predicted molar refractivity (Wildman–Crippen MR) is 86.2 cm³/mol. The van der Waals surface area contributed by atoms with Crippen LogP contribution in [0.15, 0.2) is 47.4 Å². The maximum atomic E-state index is 5.96. The second-order valence-corrected chi connectivity index (χ2v) is 5.85. The van der Waals surface area contributed by atoms with Gasteiger partial charge in [0.25, 0.3) is 0 Å². The van der Waals surface area contributed by atoms with Crippen LogP contribution in [0.2, 0.25) is 0 Å². The molecule has 0 spiro atoms. The summed E-state index contributed by atoms with van der Waals surface area (Å²) in [6.07, 6.45) is 5.90. The summed E-state index contributed by atoms with van der Waals surface area (Å²) in [6, 6.07) is 8.17. The summed E-state index contributed by atoms with van der Waals surface area (Å²) in [6.45, 7) is 1.35. The molecule has 1 aliphatic rings. The van der Waals surface area contributed by atoms with E-state index in [1.807, 2.05) is 25.2 Å². The number of ether oxygens (including phenoxy) is 1. The summed E-state index contributed by atoms with van der Waals surface area (Å²) in [7, 11) is 2.01. The van der Waals surface area contributed by atoms with Gasteiger partial charge in [0.15, 0.2) is 0 Å². The largest absolute Gasteiger partial charge is 0.488 e. The van der Waals surface area contributed by atoms with E-state index < -0.39 is 0 Å². The van der Waals surface area contributed by atoms with Gasteiger partial charge < -0.3 is 9.26 Å². The Morgan fingerprint density at radius 3 is 3.00 bits per heavy atom. The second-order valence-electron chi connectivity index (χ2n) is 5.85. The molecule has 2 aromatic heterocycles.